The summed E-state index contributed by atoms with van der Waals surface area (Å²) in [5.74, 6) is 1.14. The van der Waals surface area contributed by atoms with E-state index in [0.29, 0.717) is 23.9 Å². The molecule has 1 aromatic carbocycles. The summed E-state index contributed by atoms with van der Waals surface area (Å²) in [6.45, 7) is 2.54. The average molecular weight is 325 g/mol. The van der Waals surface area contributed by atoms with E-state index in [-0.39, 0.29) is 5.91 Å². The number of aromatic nitrogens is 2. The van der Waals surface area contributed by atoms with Crippen LogP contribution in [0.5, 0.6) is 11.6 Å². The van der Waals surface area contributed by atoms with Crippen LogP contribution in [0, 0.1) is 0 Å². The molecule has 0 aliphatic carbocycles. The van der Waals surface area contributed by atoms with Gasteiger partial charge < -0.3 is 19.4 Å². The van der Waals surface area contributed by atoms with Crippen molar-refractivity contribution in [2.45, 2.75) is 6.92 Å². The Morgan fingerprint density at radius 2 is 2.08 bits per heavy atom. The summed E-state index contributed by atoms with van der Waals surface area (Å²) in [5, 5.41) is 0.961. The van der Waals surface area contributed by atoms with Gasteiger partial charge in [0.25, 0.3) is 5.91 Å². The van der Waals surface area contributed by atoms with E-state index in [4.69, 9.17) is 9.47 Å². The molecular formula is C18H19N3O3. The van der Waals surface area contributed by atoms with E-state index >= 15 is 0 Å². The zero-order valence-corrected chi connectivity index (χ0v) is 13.9. The number of benzene rings is 1. The van der Waals surface area contributed by atoms with E-state index < -0.39 is 0 Å². The van der Waals surface area contributed by atoms with Crippen LogP contribution in [0.2, 0.25) is 0 Å². The zero-order chi connectivity index (χ0) is 17.1. The Kier molecular flexibility index (Phi) is 4.37. The number of anilines is 1. The minimum atomic E-state index is -0.142. The third kappa shape index (κ3) is 3.03. The fourth-order valence-corrected chi connectivity index (χ4v) is 2.47. The van der Waals surface area contributed by atoms with E-state index in [1.165, 1.54) is 0 Å². The Hall–Kier alpha value is -3.02. The summed E-state index contributed by atoms with van der Waals surface area (Å²) >= 11 is 0. The number of fused-ring (bicyclic) bond motifs is 1. The summed E-state index contributed by atoms with van der Waals surface area (Å²) in [5.41, 5.74) is 2.07. The third-order valence-corrected chi connectivity index (χ3v) is 3.76. The second-order valence-electron chi connectivity index (χ2n) is 5.29. The first-order chi connectivity index (χ1) is 11.6. The molecule has 0 aliphatic rings. The van der Waals surface area contributed by atoms with Gasteiger partial charge in [0, 0.05) is 30.1 Å². The van der Waals surface area contributed by atoms with Gasteiger partial charge in [-0.2, -0.15) is 0 Å². The topological polar surface area (TPSA) is 67.4 Å². The standard InChI is InChI=1S/C18H19N3O3/c1-4-24-14-7-5-12-9-16(20-15(12)10-14)18(22)21(2)13-6-8-17(23-3)19-11-13/h5-11,20H,4H2,1-3H3. The number of carbonyl (C=O) groups excluding carboxylic acids is 1. The number of nitrogens with one attached hydrogen (secondary N) is 1. The van der Waals surface area contributed by atoms with E-state index in [0.717, 1.165) is 16.7 Å². The van der Waals surface area contributed by atoms with E-state index in [2.05, 4.69) is 9.97 Å². The predicted molar refractivity (Wildman–Crippen MR) is 93.0 cm³/mol. The van der Waals surface area contributed by atoms with Gasteiger partial charge >= 0.3 is 0 Å². The number of amides is 1. The van der Waals surface area contributed by atoms with Gasteiger partial charge in [-0.15, -0.1) is 0 Å². The van der Waals surface area contributed by atoms with Gasteiger partial charge in [0.05, 0.1) is 25.6 Å². The summed E-state index contributed by atoms with van der Waals surface area (Å²) in [4.78, 5) is 21.5. The molecule has 0 aliphatic heterocycles. The summed E-state index contributed by atoms with van der Waals surface area (Å²) in [7, 11) is 3.26. The molecule has 6 nitrogen and oxygen atoms in total. The monoisotopic (exact) mass is 325 g/mol. The number of methoxy groups -OCH3 is 1. The molecule has 6 heteroatoms. The lowest BCUT2D eigenvalue weighted by atomic mass is 10.2. The SMILES string of the molecule is CCOc1ccc2cc(C(=O)N(C)c3ccc(OC)nc3)[nH]c2c1. The van der Waals surface area contributed by atoms with Crippen LogP contribution in [-0.4, -0.2) is 36.6 Å². The van der Waals surface area contributed by atoms with Gasteiger partial charge in [0.1, 0.15) is 11.4 Å². The number of H-pyrrole nitrogens is 1. The minimum Gasteiger partial charge on any atom is -0.494 e. The van der Waals surface area contributed by atoms with Crippen LogP contribution in [0.25, 0.3) is 10.9 Å². The lowest BCUT2D eigenvalue weighted by Gasteiger charge is -2.16. The van der Waals surface area contributed by atoms with Crippen LogP contribution in [0.1, 0.15) is 17.4 Å². The van der Waals surface area contributed by atoms with Crippen LogP contribution in [0.4, 0.5) is 5.69 Å². The number of aromatic amines is 1. The van der Waals surface area contributed by atoms with Crippen molar-refractivity contribution in [2.24, 2.45) is 0 Å². The van der Waals surface area contributed by atoms with Crippen molar-refractivity contribution in [1.29, 1.82) is 0 Å². The molecule has 3 aromatic rings. The molecule has 1 amide bonds. The summed E-state index contributed by atoms with van der Waals surface area (Å²) < 4.78 is 10.5. The zero-order valence-electron chi connectivity index (χ0n) is 13.9. The number of carbonyl (C=O) groups is 1. The normalized spacial score (nSPS) is 10.6. The largest absolute Gasteiger partial charge is 0.494 e. The van der Waals surface area contributed by atoms with Crippen molar-refractivity contribution >= 4 is 22.5 Å². The Bertz CT molecular complexity index is 856. The fraction of sp³-hybridized carbons (Fsp3) is 0.222. The smallest absolute Gasteiger partial charge is 0.274 e. The second kappa shape index (κ2) is 6.62. The van der Waals surface area contributed by atoms with Gasteiger partial charge in [0.15, 0.2) is 0 Å². The van der Waals surface area contributed by atoms with Crippen LogP contribution in [-0.2, 0) is 0 Å². The molecule has 124 valence electrons. The van der Waals surface area contributed by atoms with Crippen molar-refractivity contribution in [1.82, 2.24) is 9.97 Å². The first-order valence-electron chi connectivity index (χ1n) is 7.66. The molecule has 0 unspecified atom stereocenters. The molecule has 2 aromatic heterocycles. The number of nitrogens with zero attached hydrogens (tertiary/aromatic N) is 2. The number of hydrogen-bond donors (Lipinski definition) is 1. The fourth-order valence-electron chi connectivity index (χ4n) is 2.47. The lowest BCUT2D eigenvalue weighted by Crippen LogP contribution is -2.26. The van der Waals surface area contributed by atoms with Gasteiger partial charge in [-0.3, -0.25) is 4.79 Å². The molecule has 1 N–H and O–H groups in total. The van der Waals surface area contributed by atoms with Crippen molar-refractivity contribution in [3.05, 3.63) is 48.3 Å². The highest BCUT2D eigenvalue weighted by atomic mass is 16.5. The molecule has 0 spiro atoms. The Morgan fingerprint density at radius 1 is 1.25 bits per heavy atom. The summed E-state index contributed by atoms with van der Waals surface area (Å²) in [6.07, 6.45) is 1.60. The first kappa shape index (κ1) is 15.9. The quantitative estimate of drug-likeness (QED) is 0.782. The number of rotatable bonds is 5. The molecule has 0 atom stereocenters. The molecule has 0 fully saturated rings. The first-order valence-corrected chi connectivity index (χ1v) is 7.66. The molecular weight excluding hydrogens is 306 g/mol. The highest BCUT2D eigenvalue weighted by Crippen LogP contribution is 2.23. The van der Waals surface area contributed by atoms with E-state index in [1.54, 1.807) is 37.4 Å². The Labute approximate surface area is 140 Å². The van der Waals surface area contributed by atoms with Crippen LogP contribution in [0.15, 0.2) is 42.6 Å². The number of hydrogen-bond acceptors (Lipinski definition) is 4. The second-order valence-corrected chi connectivity index (χ2v) is 5.29. The van der Waals surface area contributed by atoms with Crippen molar-refractivity contribution in [2.75, 3.05) is 25.7 Å². The van der Waals surface area contributed by atoms with Crippen LogP contribution in [0.3, 0.4) is 0 Å². The highest BCUT2D eigenvalue weighted by Gasteiger charge is 2.16. The van der Waals surface area contributed by atoms with Crippen molar-refractivity contribution in [3.8, 4) is 11.6 Å². The predicted octanol–water partition coefficient (Wildman–Crippen LogP) is 3.25. The molecule has 0 radical (unpaired) electrons. The van der Waals surface area contributed by atoms with Crippen LogP contribution >= 0.6 is 0 Å². The maximum absolute atomic E-state index is 12.7. The molecule has 0 saturated carbocycles. The van der Waals surface area contributed by atoms with Gasteiger partial charge in [-0.1, -0.05) is 0 Å². The van der Waals surface area contributed by atoms with E-state index in [1.807, 2.05) is 31.2 Å². The number of ether oxygens (including phenoxy) is 2. The molecule has 0 bridgehead atoms. The molecule has 0 saturated heterocycles. The minimum absolute atomic E-state index is 0.142. The maximum atomic E-state index is 12.7. The number of pyridine rings is 1. The third-order valence-electron chi connectivity index (χ3n) is 3.76. The molecule has 2 heterocycles. The maximum Gasteiger partial charge on any atom is 0.274 e. The van der Waals surface area contributed by atoms with E-state index in [9.17, 15) is 4.79 Å². The van der Waals surface area contributed by atoms with Gasteiger partial charge in [-0.05, 0) is 31.2 Å². The van der Waals surface area contributed by atoms with Crippen molar-refractivity contribution in [3.63, 3.8) is 0 Å². The molecule has 24 heavy (non-hydrogen) atoms. The van der Waals surface area contributed by atoms with Crippen molar-refractivity contribution < 1.29 is 14.3 Å². The van der Waals surface area contributed by atoms with Gasteiger partial charge in [-0.25, -0.2) is 4.98 Å². The van der Waals surface area contributed by atoms with Gasteiger partial charge in [0.2, 0.25) is 5.88 Å². The summed E-state index contributed by atoms with van der Waals surface area (Å²) in [6, 6.07) is 11.1. The lowest BCUT2D eigenvalue weighted by molar-refractivity contribution is 0.0989. The Balaban J connectivity index is 1.86. The van der Waals surface area contributed by atoms with Crippen LogP contribution < -0.4 is 14.4 Å². The Morgan fingerprint density at radius 3 is 2.75 bits per heavy atom. The highest BCUT2D eigenvalue weighted by molar-refractivity contribution is 6.07. The molecule has 3 rings (SSSR count). The average Bonchev–Trinajstić information content (AvgIpc) is 3.04.